The van der Waals surface area contributed by atoms with Gasteiger partial charge in [0.2, 0.25) is 5.91 Å². The molecule has 1 rings (SSSR count). The number of nitrogens with two attached hydrogens (primary N) is 1. The molecule has 0 saturated heterocycles. The van der Waals surface area contributed by atoms with Gasteiger partial charge in [0.15, 0.2) is 6.61 Å². The van der Waals surface area contributed by atoms with Gasteiger partial charge in [-0.3, -0.25) is 4.79 Å². The van der Waals surface area contributed by atoms with E-state index in [0.717, 1.165) is 37.7 Å². The van der Waals surface area contributed by atoms with Crippen molar-refractivity contribution < 1.29 is 19.1 Å². The summed E-state index contributed by atoms with van der Waals surface area (Å²) in [6.07, 6.45) is 5.11. The Bertz CT molecular complexity index is 487. The number of benzene rings is 1. The normalized spacial score (nSPS) is 11.7. The van der Waals surface area contributed by atoms with Crippen molar-refractivity contribution in [1.29, 1.82) is 0 Å². The van der Waals surface area contributed by atoms with Gasteiger partial charge in [0.05, 0.1) is 13.0 Å². The molecule has 1 unspecified atom stereocenters. The summed E-state index contributed by atoms with van der Waals surface area (Å²) in [6, 6.07) is 7.16. The highest BCUT2D eigenvalue weighted by atomic mass is 16.6. The number of methoxy groups -OCH3 is 1. The molecule has 1 amide bonds. The van der Waals surface area contributed by atoms with E-state index >= 15 is 0 Å². The highest BCUT2D eigenvalue weighted by molar-refractivity contribution is 5.82. The monoisotopic (exact) mass is 307 g/mol. The first-order valence-corrected chi connectivity index (χ1v) is 7.67. The summed E-state index contributed by atoms with van der Waals surface area (Å²) in [4.78, 5) is 22.8. The minimum absolute atomic E-state index is 0.155. The minimum atomic E-state index is -0.448. The van der Waals surface area contributed by atoms with Crippen molar-refractivity contribution in [2.75, 3.05) is 13.7 Å². The van der Waals surface area contributed by atoms with Gasteiger partial charge in [-0.2, -0.15) is 0 Å². The maximum atomic E-state index is 11.7. The average molecular weight is 307 g/mol. The predicted octanol–water partition coefficient (Wildman–Crippen LogP) is 2.78. The fraction of sp³-hybridized carbons (Fsp3) is 0.529. The van der Waals surface area contributed by atoms with E-state index in [9.17, 15) is 9.59 Å². The summed E-state index contributed by atoms with van der Waals surface area (Å²) >= 11 is 0. The Labute approximate surface area is 131 Å². The number of carbonyl (C=O) groups is 2. The maximum absolute atomic E-state index is 11.7. The molecule has 0 bridgehead atoms. The van der Waals surface area contributed by atoms with Crippen LogP contribution in [0, 0.1) is 0 Å². The predicted molar refractivity (Wildman–Crippen MR) is 84.6 cm³/mol. The lowest BCUT2D eigenvalue weighted by atomic mass is 9.92. The third-order valence-electron chi connectivity index (χ3n) is 3.53. The van der Waals surface area contributed by atoms with Crippen molar-refractivity contribution in [3.8, 4) is 5.75 Å². The summed E-state index contributed by atoms with van der Waals surface area (Å²) in [5, 5.41) is 0. The van der Waals surface area contributed by atoms with Crippen LogP contribution in [0.2, 0.25) is 0 Å². The van der Waals surface area contributed by atoms with E-state index in [2.05, 4.69) is 11.7 Å². The van der Waals surface area contributed by atoms with Gasteiger partial charge in [-0.25, -0.2) is 4.79 Å². The first-order valence-electron chi connectivity index (χ1n) is 7.67. The Hall–Kier alpha value is -2.04. The molecule has 0 aliphatic carbocycles. The second-order valence-corrected chi connectivity index (χ2v) is 5.24. The number of primary amides is 1. The fourth-order valence-corrected chi connectivity index (χ4v) is 2.27. The molecule has 0 heterocycles. The highest BCUT2D eigenvalue weighted by Gasteiger charge is 2.18. The topological polar surface area (TPSA) is 78.6 Å². The Kier molecular flexibility index (Phi) is 8.04. The van der Waals surface area contributed by atoms with Gasteiger partial charge in [0.1, 0.15) is 5.75 Å². The first-order chi connectivity index (χ1) is 10.6. The van der Waals surface area contributed by atoms with Crippen LogP contribution in [0.5, 0.6) is 5.75 Å². The van der Waals surface area contributed by atoms with Crippen LogP contribution in [-0.2, 0) is 14.3 Å². The molecule has 5 heteroatoms. The number of hydrogen-bond donors (Lipinski definition) is 1. The number of carbonyl (C=O) groups excluding carboxylic acids is 2. The summed E-state index contributed by atoms with van der Waals surface area (Å²) in [7, 11) is 1.31. The Balaban J connectivity index is 2.69. The van der Waals surface area contributed by atoms with E-state index in [0.29, 0.717) is 5.75 Å². The molecular weight excluding hydrogens is 282 g/mol. The second kappa shape index (κ2) is 9.82. The first kappa shape index (κ1) is 18.0. The number of ether oxygens (including phenoxy) is 2. The van der Waals surface area contributed by atoms with Gasteiger partial charge in [-0.1, -0.05) is 44.7 Å². The fourth-order valence-electron chi connectivity index (χ4n) is 2.27. The second-order valence-electron chi connectivity index (χ2n) is 5.24. The number of esters is 1. The minimum Gasteiger partial charge on any atom is -0.482 e. The van der Waals surface area contributed by atoms with Crippen LogP contribution in [0.15, 0.2) is 24.3 Å². The standard InChI is InChI=1S/C17H25NO4/c1-3-4-5-6-10-15(17(18)20)13-8-7-9-14(11-13)22-12-16(19)21-2/h7-9,11,15H,3-6,10,12H2,1-2H3,(H2,18,20). The van der Waals surface area contributed by atoms with Gasteiger partial charge in [0.25, 0.3) is 0 Å². The molecule has 0 aromatic heterocycles. The van der Waals surface area contributed by atoms with Gasteiger partial charge >= 0.3 is 5.97 Å². The molecular formula is C17H25NO4. The molecule has 0 aliphatic heterocycles. The van der Waals surface area contributed by atoms with Crippen molar-refractivity contribution in [3.05, 3.63) is 29.8 Å². The van der Waals surface area contributed by atoms with Gasteiger partial charge in [-0.15, -0.1) is 0 Å². The molecule has 122 valence electrons. The lowest BCUT2D eigenvalue weighted by Crippen LogP contribution is -2.21. The van der Waals surface area contributed by atoms with Crippen LogP contribution in [0.25, 0.3) is 0 Å². The van der Waals surface area contributed by atoms with Gasteiger partial charge in [-0.05, 0) is 24.1 Å². The zero-order chi connectivity index (χ0) is 16.4. The SMILES string of the molecule is CCCCCCC(C(N)=O)c1cccc(OCC(=O)OC)c1. The largest absolute Gasteiger partial charge is 0.482 e. The van der Waals surface area contributed by atoms with Crippen molar-refractivity contribution in [2.45, 2.75) is 44.9 Å². The highest BCUT2D eigenvalue weighted by Crippen LogP contribution is 2.25. The van der Waals surface area contributed by atoms with E-state index in [-0.39, 0.29) is 18.4 Å². The van der Waals surface area contributed by atoms with Crippen LogP contribution < -0.4 is 10.5 Å². The van der Waals surface area contributed by atoms with E-state index in [1.165, 1.54) is 7.11 Å². The lowest BCUT2D eigenvalue weighted by Gasteiger charge is -2.15. The van der Waals surface area contributed by atoms with Crippen LogP contribution in [0.4, 0.5) is 0 Å². The van der Waals surface area contributed by atoms with E-state index < -0.39 is 5.97 Å². The lowest BCUT2D eigenvalue weighted by molar-refractivity contribution is -0.142. The molecule has 0 aliphatic rings. The molecule has 0 saturated carbocycles. The van der Waals surface area contributed by atoms with Crippen molar-refractivity contribution >= 4 is 11.9 Å². The molecule has 1 atom stereocenters. The molecule has 1 aromatic rings. The van der Waals surface area contributed by atoms with Crippen LogP contribution in [0.1, 0.15) is 50.5 Å². The Morgan fingerprint density at radius 3 is 2.64 bits per heavy atom. The zero-order valence-corrected chi connectivity index (χ0v) is 13.3. The number of unbranched alkanes of at least 4 members (excludes halogenated alkanes) is 3. The molecule has 0 spiro atoms. The molecule has 1 aromatic carbocycles. The average Bonchev–Trinajstić information content (AvgIpc) is 2.52. The van der Waals surface area contributed by atoms with E-state index in [4.69, 9.17) is 10.5 Å². The zero-order valence-electron chi connectivity index (χ0n) is 13.3. The van der Waals surface area contributed by atoms with Gasteiger partial charge in [0, 0.05) is 0 Å². The number of rotatable bonds is 10. The van der Waals surface area contributed by atoms with E-state index in [1.807, 2.05) is 6.07 Å². The summed E-state index contributed by atoms with van der Waals surface area (Å²) in [5.41, 5.74) is 6.35. The van der Waals surface area contributed by atoms with Crippen LogP contribution in [-0.4, -0.2) is 25.6 Å². The third-order valence-corrected chi connectivity index (χ3v) is 3.53. The van der Waals surface area contributed by atoms with Crippen LogP contribution in [0.3, 0.4) is 0 Å². The molecule has 0 radical (unpaired) electrons. The smallest absolute Gasteiger partial charge is 0.343 e. The molecule has 22 heavy (non-hydrogen) atoms. The van der Waals surface area contributed by atoms with Crippen molar-refractivity contribution in [2.24, 2.45) is 5.73 Å². The molecule has 0 fully saturated rings. The quantitative estimate of drug-likeness (QED) is 0.532. The number of hydrogen-bond acceptors (Lipinski definition) is 4. The van der Waals surface area contributed by atoms with Crippen molar-refractivity contribution in [3.63, 3.8) is 0 Å². The Morgan fingerprint density at radius 1 is 1.23 bits per heavy atom. The molecule has 2 N–H and O–H groups in total. The maximum Gasteiger partial charge on any atom is 0.343 e. The van der Waals surface area contributed by atoms with Gasteiger partial charge < -0.3 is 15.2 Å². The van der Waals surface area contributed by atoms with Crippen LogP contribution >= 0.6 is 0 Å². The summed E-state index contributed by atoms with van der Waals surface area (Å²) in [5.74, 6) is -0.570. The summed E-state index contributed by atoms with van der Waals surface area (Å²) in [6.45, 7) is 1.99. The summed E-state index contributed by atoms with van der Waals surface area (Å²) < 4.78 is 9.87. The molecule has 5 nitrogen and oxygen atoms in total. The third kappa shape index (κ3) is 6.16. The van der Waals surface area contributed by atoms with Crippen molar-refractivity contribution in [1.82, 2.24) is 0 Å². The van der Waals surface area contributed by atoms with E-state index in [1.54, 1.807) is 18.2 Å². The Morgan fingerprint density at radius 2 is 2.00 bits per heavy atom. The number of amides is 1.